The Hall–Kier alpha value is -1.27. The molecule has 2 N–H and O–H groups in total. The van der Waals surface area contributed by atoms with Crippen LogP contribution in [-0.4, -0.2) is 26.0 Å². The molecule has 3 nitrogen and oxygen atoms in total. The van der Waals surface area contributed by atoms with E-state index in [1.54, 1.807) is 13.1 Å². The summed E-state index contributed by atoms with van der Waals surface area (Å²) in [6.07, 6.45) is -2.73. The molecule has 1 amide bonds. The first-order valence-corrected chi connectivity index (χ1v) is 6.46. The summed E-state index contributed by atoms with van der Waals surface area (Å²) in [7, 11) is 1.67. The van der Waals surface area contributed by atoms with Crippen molar-refractivity contribution in [3.63, 3.8) is 0 Å². The van der Waals surface area contributed by atoms with Crippen molar-refractivity contribution in [2.24, 2.45) is 0 Å². The Morgan fingerprint density at radius 1 is 1.33 bits per heavy atom. The summed E-state index contributed by atoms with van der Waals surface area (Å²) in [4.78, 5) is 11.4. The van der Waals surface area contributed by atoms with Gasteiger partial charge < -0.3 is 10.6 Å². The molecular formula is C14H18ClF3N2O. The van der Waals surface area contributed by atoms with Crippen molar-refractivity contribution in [3.8, 4) is 0 Å². The van der Waals surface area contributed by atoms with Gasteiger partial charge in [0.1, 0.15) is 0 Å². The van der Waals surface area contributed by atoms with Gasteiger partial charge in [-0.15, -0.1) is 12.4 Å². The number of carbonyl (C=O) groups is 1. The van der Waals surface area contributed by atoms with Crippen molar-refractivity contribution in [2.45, 2.75) is 24.4 Å². The quantitative estimate of drug-likeness (QED) is 0.874. The highest BCUT2D eigenvalue weighted by Gasteiger charge is 2.45. The normalized spacial score (nSPS) is 16.0. The lowest BCUT2D eigenvalue weighted by Crippen LogP contribution is -2.37. The molecule has 1 aromatic rings. The average molecular weight is 323 g/mol. The van der Waals surface area contributed by atoms with Crippen LogP contribution in [0.25, 0.3) is 0 Å². The average Bonchev–Trinajstić information content (AvgIpc) is 3.17. The smallest absolute Gasteiger partial charge is 0.354 e. The van der Waals surface area contributed by atoms with Crippen molar-refractivity contribution in [2.75, 3.05) is 20.1 Å². The predicted molar refractivity (Wildman–Crippen MR) is 76.5 cm³/mol. The van der Waals surface area contributed by atoms with Gasteiger partial charge in [-0.25, -0.2) is 0 Å². The zero-order chi connectivity index (χ0) is 14.8. The van der Waals surface area contributed by atoms with Crippen LogP contribution in [-0.2, 0) is 16.4 Å². The highest BCUT2D eigenvalue weighted by Crippen LogP contribution is 2.48. The number of hydrogen-bond acceptors (Lipinski definition) is 2. The molecule has 1 saturated carbocycles. The van der Waals surface area contributed by atoms with E-state index in [1.165, 1.54) is 12.1 Å². The first-order valence-electron chi connectivity index (χ1n) is 6.46. The Labute approximate surface area is 127 Å². The van der Waals surface area contributed by atoms with Crippen molar-refractivity contribution >= 4 is 18.3 Å². The Balaban J connectivity index is 0.00000220. The minimum Gasteiger partial charge on any atom is -0.354 e. The molecule has 0 heterocycles. The van der Waals surface area contributed by atoms with E-state index >= 15 is 0 Å². The van der Waals surface area contributed by atoms with Gasteiger partial charge in [-0.1, -0.05) is 18.2 Å². The molecule has 0 spiro atoms. The summed E-state index contributed by atoms with van der Waals surface area (Å²) in [5.41, 5.74) is -0.315. The third kappa shape index (κ3) is 4.35. The van der Waals surface area contributed by atoms with Crippen molar-refractivity contribution in [3.05, 3.63) is 35.4 Å². The third-order valence-electron chi connectivity index (χ3n) is 3.62. The van der Waals surface area contributed by atoms with Crippen LogP contribution in [0.2, 0.25) is 0 Å². The number of amides is 1. The van der Waals surface area contributed by atoms with Gasteiger partial charge in [0, 0.05) is 12.0 Å². The summed E-state index contributed by atoms with van der Waals surface area (Å²) >= 11 is 0. The van der Waals surface area contributed by atoms with Gasteiger partial charge in [-0.05, 0) is 31.5 Å². The van der Waals surface area contributed by atoms with Gasteiger partial charge in [-0.3, -0.25) is 4.79 Å². The molecule has 0 radical (unpaired) electrons. The SMILES string of the molecule is CNCC(=O)NCC1(c2cccc(C(F)(F)F)c2)CC1.Cl. The summed E-state index contributed by atoms with van der Waals surface area (Å²) in [6.45, 7) is 0.591. The molecule has 0 saturated heterocycles. The van der Waals surface area contributed by atoms with E-state index < -0.39 is 11.7 Å². The van der Waals surface area contributed by atoms with Gasteiger partial charge in [0.05, 0.1) is 12.1 Å². The number of halogens is 4. The summed E-state index contributed by atoms with van der Waals surface area (Å²) < 4.78 is 38.1. The molecule has 1 aromatic carbocycles. The molecule has 1 fully saturated rings. The molecule has 0 unspecified atom stereocenters. The minimum atomic E-state index is -4.33. The second kappa shape index (κ2) is 6.66. The molecule has 1 aliphatic rings. The Bertz CT molecular complexity index is 501. The molecule has 7 heteroatoms. The lowest BCUT2D eigenvalue weighted by Gasteiger charge is -2.18. The third-order valence-corrected chi connectivity index (χ3v) is 3.62. The van der Waals surface area contributed by atoms with Gasteiger partial charge in [0.15, 0.2) is 0 Å². The van der Waals surface area contributed by atoms with Crippen LogP contribution in [0.15, 0.2) is 24.3 Å². The van der Waals surface area contributed by atoms with E-state index in [9.17, 15) is 18.0 Å². The van der Waals surface area contributed by atoms with E-state index in [1.807, 2.05) is 0 Å². The van der Waals surface area contributed by atoms with E-state index in [-0.39, 0.29) is 30.3 Å². The maximum atomic E-state index is 12.7. The Kier molecular flexibility index (Phi) is 5.64. The number of carbonyl (C=O) groups excluding carboxylic acids is 1. The fourth-order valence-electron chi connectivity index (χ4n) is 2.23. The van der Waals surface area contributed by atoms with E-state index in [0.717, 1.165) is 18.9 Å². The van der Waals surface area contributed by atoms with Crippen LogP contribution in [0.5, 0.6) is 0 Å². The zero-order valence-corrected chi connectivity index (χ0v) is 12.4. The van der Waals surface area contributed by atoms with Gasteiger partial charge in [0.25, 0.3) is 0 Å². The molecule has 118 valence electrons. The largest absolute Gasteiger partial charge is 0.416 e. The fourth-order valence-corrected chi connectivity index (χ4v) is 2.23. The van der Waals surface area contributed by atoms with Crippen molar-refractivity contribution in [1.29, 1.82) is 0 Å². The monoisotopic (exact) mass is 322 g/mol. The number of alkyl halides is 3. The first kappa shape index (κ1) is 17.8. The van der Waals surface area contributed by atoms with Crippen molar-refractivity contribution < 1.29 is 18.0 Å². The van der Waals surface area contributed by atoms with Crippen LogP contribution in [0.3, 0.4) is 0 Å². The predicted octanol–water partition coefficient (Wildman–Crippen LogP) is 2.49. The van der Waals surface area contributed by atoms with Crippen LogP contribution in [0.1, 0.15) is 24.0 Å². The molecular weight excluding hydrogens is 305 g/mol. The van der Waals surface area contributed by atoms with Crippen LogP contribution < -0.4 is 10.6 Å². The first-order chi connectivity index (χ1) is 9.37. The second-order valence-corrected chi connectivity index (χ2v) is 5.17. The topological polar surface area (TPSA) is 41.1 Å². The van der Waals surface area contributed by atoms with E-state index in [0.29, 0.717) is 12.1 Å². The van der Waals surface area contributed by atoms with Gasteiger partial charge in [-0.2, -0.15) is 13.2 Å². The lowest BCUT2D eigenvalue weighted by atomic mass is 9.94. The second-order valence-electron chi connectivity index (χ2n) is 5.17. The highest BCUT2D eigenvalue weighted by atomic mass is 35.5. The standard InChI is InChI=1S/C14H17F3N2O.ClH/c1-18-8-12(20)19-9-13(5-6-13)10-3-2-4-11(7-10)14(15,16)17;/h2-4,7,18H,5-6,8-9H2,1H3,(H,19,20);1H. The molecule has 0 atom stereocenters. The van der Waals surface area contributed by atoms with E-state index in [4.69, 9.17) is 0 Å². The van der Waals surface area contributed by atoms with Crippen LogP contribution >= 0.6 is 12.4 Å². The van der Waals surface area contributed by atoms with Gasteiger partial charge >= 0.3 is 6.18 Å². The maximum absolute atomic E-state index is 12.7. The number of hydrogen-bond donors (Lipinski definition) is 2. The zero-order valence-electron chi connectivity index (χ0n) is 11.6. The van der Waals surface area contributed by atoms with E-state index in [2.05, 4.69) is 10.6 Å². The summed E-state index contributed by atoms with van der Waals surface area (Å²) in [5.74, 6) is -0.147. The fraction of sp³-hybridized carbons (Fsp3) is 0.500. The highest BCUT2D eigenvalue weighted by molar-refractivity contribution is 5.85. The summed E-state index contributed by atoms with van der Waals surface area (Å²) in [5, 5.41) is 5.49. The molecule has 2 rings (SSSR count). The van der Waals surface area contributed by atoms with Crippen molar-refractivity contribution in [1.82, 2.24) is 10.6 Å². The Morgan fingerprint density at radius 3 is 2.52 bits per heavy atom. The van der Waals surface area contributed by atoms with Gasteiger partial charge in [0.2, 0.25) is 5.91 Å². The number of rotatable bonds is 5. The molecule has 21 heavy (non-hydrogen) atoms. The lowest BCUT2D eigenvalue weighted by molar-refractivity contribution is -0.137. The molecule has 1 aliphatic carbocycles. The van der Waals surface area contributed by atoms with Crippen LogP contribution in [0.4, 0.5) is 13.2 Å². The number of nitrogens with one attached hydrogen (secondary N) is 2. The van der Waals surface area contributed by atoms with Crippen LogP contribution in [0, 0.1) is 0 Å². The molecule has 0 aliphatic heterocycles. The Morgan fingerprint density at radius 2 is 2.00 bits per heavy atom. The number of likely N-dealkylation sites (N-methyl/N-ethyl adjacent to an activating group) is 1. The summed E-state index contributed by atoms with van der Waals surface area (Å²) in [6, 6.07) is 5.39. The number of benzene rings is 1. The minimum absolute atomic E-state index is 0. The molecule has 0 aromatic heterocycles. The maximum Gasteiger partial charge on any atom is 0.416 e. The molecule has 0 bridgehead atoms.